The summed E-state index contributed by atoms with van der Waals surface area (Å²) in [5.41, 5.74) is 1.11. The highest BCUT2D eigenvalue weighted by atomic mass is 32.1. The molecule has 0 saturated carbocycles. The number of aliphatic hydroxyl groups excluding tert-OH is 2. The van der Waals surface area contributed by atoms with Crippen LogP contribution in [0, 0.1) is 5.82 Å². The summed E-state index contributed by atoms with van der Waals surface area (Å²) in [4.78, 5) is 5.22. The van der Waals surface area contributed by atoms with E-state index in [1.807, 2.05) is 17.5 Å². The van der Waals surface area contributed by atoms with Crippen LogP contribution in [0.5, 0.6) is 5.75 Å². The van der Waals surface area contributed by atoms with Gasteiger partial charge in [-0.1, -0.05) is 6.07 Å². The lowest BCUT2D eigenvalue weighted by Crippen LogP contribution is -2.04. The average Bonchev–Trinajstić information content (AvgIpc) is 3.23. The SMILES string of the molecule is OCc1cc(F)cc(CO)c1OCc1coc(-c2cccs2)n1. The average molecular weight is 335 g/mol. The molecule has 0 aliphatic rings. The van der Waals surface area contributed by atoms with E-state index in [1.54, 1.807) is 0 Å². The molecule has 5 nitrogen and oxygen atoms in total. The fraction of sp³-hybridized carbons (Fsp3) is 0.188. The van der Waals surface area contributed by atoms with Crippen molar-refractivity contribution in [1.82, 2.24) is 4.98 Å². The number of hydrogen-bond donors (Lipinski definition) is 2. The van der Waals surface area contributed by atoms with Crippen LogP contribution < -0.4 is 4.74 Å². The monoisotopic (exact) mass is 335 g/mol. The summed E-state index contributed by atoms with van der Waals surface area (Å²) in [6.45, 7) is -0.695. The van der Waals surface area contributed by atoms with E-state index in [0.717, 1.165) is 4.88 Å². The lowest BCUT2D eigenvalue weighted by Gasteiger charge is -2.13. The van der Waals surface area contributed by atoms with Crippen molar-refractivity contribution >= 4 is 11.3 Å². The second-order valence-electron chi connectivity index (χ2n) is 4.78. The molecule has 2 N–H and O–H groups in total. The van der Waals surface area contributed by atoms with Crippen molar-refractivity contribution < 1.29 is 23.8 Å². The van der Waals surface area contributed by atoms with Gasteiger partial charge in [0.25, 0.3) is 0 Å². The van der Waals surface area contributed by atoms with E-state index in [-0.39, 0.29) is 36.7 Å². The molecule has 0 spiro atoms. The Balaban J connectivity index is 1.78. The molecular weight excluding hydrogens is 321 g/mol. The van der Waals surface area contributed by atoms with Crippen LogP contribution in [-0.4, -0.2) is 15.2 Å². The number of nitrogens with zero attached hydrogens (tertiary/aromatic N) is 1. The number of rotatable bonds is 6. The van der Waals surface area contributed by atoms with Crippen LogP contribution >= 0.6 is 11.3 Å². The summed E-state index contributed by atoms with van der Waals surface area (Å²) in [6.07, 6.45) is 1.48. The number of aromatic nitrogens is 1. The smallest absolute Gasteiger partial charge is 0.236 e. The maximum absolute atomic E-state index is 13.4. The lowest BCUT2D eigenvalue weighted by atomic mass is 10.1. The zero-order valence-corrected chi connectivity index (χ0v) is 12.8. The summed E-state index contributed by atoms with van der Waals surface area (Å²) < 4.78 is 24.4. The summed E-state index contributed by atoms with van der Waals surface area (Å²) in [5.74, 6) is 0.228. The minimum atomic E-state index is -0.535. The standard InChI is InChI=1S/C16H14FNO4S/c17-12-4-10(6-19)15(11(5-12)7-20)21-8-13-9-22-16(18-13)14-2-1-3-23-14/h1-5,9,19-20H,6-8H2. The number of oxazole rings is 1. The zero-order valence-electron chi connectivity index (χ0n) is 12.0. The largest absolute Gasteiger partial charge is 0.486 e. The lowest BCUT2D eigenvalue weighted by molar-refractivity contribution is 0.239. The van der Waals surface area contributed by atoms with Crippen LogP contribution in [0.3, 0.4) is 0 Å². The van der Waals surface area contributed by atoms with Crippen molar-refractivity contribution in [2.24, 2.45) is 0 Å². The summed E-state index contributed by atoms with van der Waals surface area (Å²) in [5, 5.41) is 20.6. The van der Waals surface area contributed by atoms with Crippen molar-refractivity contribution in [3.8, 4) is 16.5 Å². The first-order valence-corrected chi connectivity index (χ1v) is 7.73. The Kier molecular flexibility index (Phi) is 4.71. The van der Waals surface area contributed by atoms with Crippen LogP contribution in [0.1, 0.15) is 16.8 Å². The van der Waals surface area contributed by atoms with E-state index in [2.05, 4.69) is 4.98 Å². The molecule has 3 rings (SSSR count). The van der Waals surface area contributed by atoms with Crippen molar-refractivity contribution in [3.63, 3.8) is 0 Å². The van der Waals surface area contributed by atoms with Gasteiger partial charge in [0, 0.05) is 11.1 Å². The second-order valence-corrected chi connectivity index (χ2v) is 5.73. The van der Waals surface area contributed by atoms with Gasteiger partial charge in [-0.25, -0.2) is 9.37 Å². The molecule has 7 heteroatoms. The predicted molar refractivity (Wildman–Crippen MR) is 82.4 cm³/mol. The van der Waals surface area contributed by atoms with Crippen LogP contribution in [-0.2, 0) is 19.8 Å². The van der Waals surface area contributed by atoms with E-state index in [9.17, 15) is 14.6 Å². The third-order valence-corrected chi connectivity index (χ3v) is 4.05. The Morgan fingerprint density at radius 2 is 1.96 bits per heavy atom. The molecule has 0 fully saturated rings. The molecule has 1 aromatic carbocycles. The van der Waals surface area contributed by atoms with Gasteiger partial charge in [-0.2, -0.15) is 0 Å². The summed E-state index contributed by atoms with van der Waals surface area (Å²) in [7, 11) is 0. The van der Waals surface area contributed by atoms with E-state index >= 15 is 0 Å². The second kappa shape index (κ2) is 6.91. The maximum atomic E-state index is 13.4. The predicted octanol–water partition coefficient (Wildman–Crippen LogP) is 3.11. The van der Waals surface area contributed by atoms with E-state index in [0.29, 0.717) is 11.6 Å². The molecule has 0 amide bonds. The molecular formula is C16H14FNO4S. The minimum absolute atomic E-state index is 0.0838. The third kappa shape index (κ3) is 3.42. The van der Waals surface area contributed by atoms with Gasteiger partial charge in [-0.3, -0.25) is 0 Å². The van der Waals surface area contributed by atoms with Crippen molar-refractivity contribution in [1.29, 1.82) is 0 Å². The van der Waals surface area contributed by atoms with Gasteiger partial charge in [-0.05, 0) is 23.6 Å². The molecule has 120 valence electrons. The molecule has 0 unspecified atom stereocenters. The number of thiophene rings is 1. The Labute approximate surface area is 135 Å². The van der Waals surface area contributed by atoms with Gasteiger partial charge >= 0.3 is 0 Å². The summed E-state index contributed by atoms with van der Waals surface area (Å²) >= 11 is 1.51. The van der Waals surface area contributed by atoms with Gasteiger partial charge in [0.1, 0.15) is 30.1 Å². The minimum Gasteiger partial charge on any atom is -0.486 e. The van der Waals surface area contributed by atoms with E-state index < -0.39 is 5.82 Å². The molecule has 0 atom stereocenters. The van der Waals surface area contributed by atoms with Crippen LogP contribution in [0.2, 0.25) is 0 Å². The highest BCUT2D eigenvalue weighted by Gasteiger charge is 2.14. The highest BCUT2D eigenvalue weighted by Crippen LogP contribution is 2.28. The number of ether oxygens (including phenoxy) is 1. The molecule has 0 radical (unpaired) electrons. The van der Waals surface area contributed by atoms with Crippen LogP contribution in [0.25, 0.3) is 10.8 Å². The van der Waals surface area contributed by atoms with Crippen molar-refractivity contribution in [3.05, 3.63) is 58.5 Å². The Hall–Kier alpha value is -2.22. The fourth-order valence-electron chi connectivity index (χ4n) is 2.16. The molecule has 0 aliphatic carbocycles. The highest BCUT2D eigenvalue weighted by molar-refractivity contribution is 7.13. The Bertz CT molecular complexity index is 760. The zero-order chi connectivity index (χ0) is 16.2. The fourth-order valence-corrected chi connectivity index (χ4v) is 2.82. The first-order chi connectivity index (χ1) is 11.2. The Morgan fingerprint density at radius 3 is 2.57 bits per heavy atom. The summed E-state index contributed by atoms with van der Waals surface area (Å²) in [6, 6.07) is 6.15. The first kappa shape index (κ1) is 15.7. The number of aliphatic hydroxyl groups is 2. The van der Waals surface area contributed by atoms with Crippen molar-refractivity contribution in [2.75, 3.05) is 0 Å². The van der Waals surface area contributed by atoms with Gasteiger partial charge in [0.15, 0.2) is 0 Å². The molecule has 2 aromatic heterocycles. The molecule has 3 aromatic rings. The van der Waals surface area contributed by atoms with Crippen LogP contribution in [0.4, 0.5) is 4.39 Å². The quantitative estimate of drug-likeness (QED) is 0.724. The first-order valence-electron chi connectivity index (χ1n) is 6.85. The number of benzene rings is 1. The normalized spacial score (nSPS) is 10.9. The molecule has 2 heterocycles. The van der Waals surface area contributed by atoms with Crippen molar-refractivity contribution in [2.45, 2.75) is 19.8 Å². The topological polar surface area (TPSA) is 75.7 Å². The van der Waals surface area contributed by atoms with Gasteiger partial charge < -0.3 is 19.4 Å². The van der Waals surface area contributed by atoms with E-state index in [1.165, 1.54) is 29.7 Å². The third-order valence-electron chi connectivity index (χ3n) is 3.20. The molecule has 23 heavy (non-hydrogen) atoms. The molecule has 0 aliphatic heterocycles. The molecule has 0 saturated heterocycles. The van der Waals surface area contributed by atoms with Gasteiger partial charge in [0.2, 0.25) is 5.89 Å². The maximum Gasteiger partial charge on any atom is 0.236 e. The number of hydrogen-bond acceptors (Lipinski definition) is 6. The van der Waals surface area contributed by atoms with Gasteiger partial charge in [-0.15, -0.1) is 11.3 Å². The van der Waals surface area contributed by atoms with E-state index in [4.69, 9.17) is 9.15 Å². The van der Waals surface area contributed by atoms with Gasteiger partial charge in [0.05, 0.1) is 18.1 Å². The Morgan fingerprint density at radius 1 is 1.22 bits per heavy atom. The van der Waals surface area contributed by atoms with Crippen LogP contribution in [0.15, 0.2) is 40.3 Å². The number of halogens is 1. The molecule has 0 bridgehead atoms.